The van der Waals surface area contributed by atoms with Gasteiger partial charge in [0.05, 0.1) is 6.20 Å². The van der Waals surface area contributed by atoms with Gasteiger partial charge in [0.15, 0.2) is 0 Å². The highest BCUT2D eigenvalue weighted by molar-refractivity contribution is 5.53. The van der Waals surface area contributed by atoms with Crippen molar-refractivity contribution < 1.29 is 0 Å². The van der Waals surface area contributed by atoms with Crippen LogP contribution in [0.5, 0.6) is 0 Å². The van der Waals surface area contributed by atoms with E-state index in [9.17, 15) is 5.26 Å². The second-order valence-electron chi connectivity index (χ2n) is 11.4. The average Bonchev–Trinajstić information content (AvgIpc) is 2.87. The van der Waals surface area contributed by atoms with Crippen LogP contribution in [0, 0.1) is 41.4 Å². The normalized spacial score (nSPS) is 31.8. The quantitative estimate of drug-likeness (QED) is 0.566. The van der Waals surface area contributed by atoms with Gasteiger partial charge in [0, 0.05) is 45.3 Å². The molecule has 4 saturated carbocycles. The zero-order valence-electron chi connectivity index (χ0n) is 20.8. The fourth-order valence-electron chi connectivity index (χ4n) is 7.90. The van der Waals surface area contributed by atoms with Gasteiger partial charge in [-0.25, -0.2) is 4.98 Å². The molecule has 2 heterocycles. The molecular weight excluding hydrogens is 434 g/mol. The maximum absolute atomic E-state index is 9.69. The first-order valence-electron chi connectivity index (χ1n) is 13.4. The largest absolute Gasteiger partial charge is 0.368 e. The van der Waals surface area contributed by atoms with E-state index in [0.29, 0.717) is 29.3 Å². The molecule has 4 bridgehead atoms. The van der Waals surface area contributed by atoms with Crippen LogP contribution < -0.4 is 16.0 Å². The lowest BCUT2D eigenvalue weighted by Crippen LogP contribution is -2.62. The Bertz CT molecular complexity index is 1090. The van der Waals surface area contributed by atoms with Gasteiger partial charge in [-0.15, -0.1) is 0 Å². The molecule has 2 aromatic rings. The minimum Gasteiger partial charge on any atom is -0.368 e. The molecule has 7 nitrogen and oxygen atoms in total. The zero-order chi connectivity index (χ0) is 23.8. The summed E-state index contributed by atoms with van der Waals surface area (Å²) >= 11 is 0. The predicted octanol–water partition coefficient (Wildman–Crippen LogP) is 3.78. The van der Waals surface area contributed by atoms with Gasteiger partial charge >= 0.3 is 0 Å². The summed E-state index contributed by atoms with van der Waals surface area (Å²) in [6, 6.07) is 11.4. The summed E-state index contributed by atoms with van der Waals surface area (Å²) in [6.45, 7) is 8.38. The van der Waals surface area contributed by atoms with E-state index < -0.39 is 0 Å². The number of nitriles is 1. The number of nitrogens with zero attached hydrogens (tertiary/aromatic N) is 4. The number of aryl methyl sites for hydroxylation is 1. The number of nitrogens with one attached hydrogen (secondary N) is 3. The number of piperazine rings is 1. The number of aromatic nitrogens is 2. The van der Waals surface area contributed by atoms with Crippen molar-refractivity contribution in [2.45, 2.75) is 51.6 Å². The third-order valence-electron chi connectivity index (χ3n) is 9.16. The van der Waals surface area contributed by atoms with Gasteiger partial charge in [-0.1, -0.05) is 24.3 Å². The van der Waals surface area contributed by atoms with Gasteiger partial charge in [-0.05, 0) is 73.3 Å². The molecular formula is C28H37N7. The molecule has 7 heteroatoms. The number of hydrogen-bond donors (Lipinski definition) is 3. The summed E-state index contributed by atoms with van der Waals surface area (Å²) in [5.41, 5.74) is 3.33. The maximum Gasteiger partial charge on any atom is 0.224 e. The Balaban J connectivity index is 1.14. The molecule has 0 spiro atoms. The van der Waals surface area contributed by atoms with E-state index >= 15 is 0 Å². The van der Waals surface area contributed by atoms with Gasteiger partial charge in [-0.3, -0.25) is 4.90 Å². The molecule has 0 amide bonds. The lowest BCUT2D eigenvalue weighted by Gasteiger charge is -2.62. The Morgan fingerprint density at radius 2 is 1.89 bits per heavy atom. The van der Waals surface area contributed by atoms with Crippen LogP contribution in [0.25, 0.3) is 0 Å². The number of rotatable bonds is 7. The first-order valence-corrected chi connectivity index (χ1v) is 13.4. The van der Waals surface area contributed by atoms with Crippen molar-refractivity contribution in [2.75, 3.05) is 43.4 Å². The second-order valence-corrected chi connectivity index (χ2v) is 11.4. The Morgan fingerprint density at radius 3 is 2.63 bits per heavy atom. The molecule has 35 heavy (non-hydrogen) atoms. The molecule has 3 N–H and O–H groups in total. The Hall–Kier alpha value is -2.69. The average molecular weight is 472 g/mol. The highest BCUT2D eigenvalue weighted by Crippen LogP contribution is 2.61. The van der Waals surface area contributed by atoms with Crippen molar-refractivity contribution in [3.8, 4) is 6.07 Å². The SMILES string of the molecule is Cc1ccccc1CNc1ncc(C#N)c(NC[C@]23CC4C[C@H](C2)C(N2CCNCC2)[C@@H](C4)C3)n1. The summed E-state index contributed by atoms with van der Waals surface area (Å²) in [7, 11) is 0. The van der Waals surface area contributed by atoms with Crippen LogP contribution >= 0.6 is 0 Å². The minimum atomic E-state index is 0.341. The van der Waals surface area contributed by atoms with Crippen LogP contribution in [0.2, 0.25) is 0 Å². The van der Waals surface area contributed by atoms with E-state index in [1.165, 1.54) is 56.3 Å². The lowest BCUT2D eigenvalue weighted by molar-refractivity contribution is -0.108. The van der Waals surface area contributed by atoms with Crippen molar-refractivity contribution in [1.82, 2.24) is 20.2 Å². The van der Waals surface area contributed by atoms with Gasteiger partial charge in [0.2, 0.25) is 5.95 Å². The van der Waals surface area contributed by atoms with E-state index in [-0.39, 0.29) is 0 Å². The third-order valence-corrected chi connectivity index (χ3v) is 9.16. The van der Waals surface area contributed by atoms with E-state index in [0.717, 1.165) is 43.4 Å². The topological polar surface area (TPSA) is 88.9 Å². The Morgan fingerprint density at radius 1 is 1.11 bits per heavy atom. The molecule has 1 aromatic carbocycles. The molecule has 0 radical (unpaired) electrons. The van der Waals surface area contributed by atoms with Gasteiger partial charge in [0.25, 0.3) is 0 Å². The van der Waals surface area contributed by atoms with Crippen LogP contribution in [0.4, 0.5) is 11.8 Å². The molecule has 4 aliphatic carbocycles. The van der Waals surface area contributed by atoms with Gasteiger partial charge < -0.3 is 16.0 Å². The summed E-state index contributed by atoms with van der Waals surface area (Å²) in [6.07, 6.45) is 8.43. The lowest BCUT2D eigenvalue weighted by atomic mass is 9.47. The van der Waals surface area contributed by atoms with Crippen LogP contribution in [0.15, 0.2) is 30.5 Å². The summed E-state index contributed by atoms with van der Waals surface area (Å²) in [5.74, 6) is 3.77. The Kier molecular flexibility index (Phi) is 6.11. The van der Waals surface area contributed by atoms with Crippen LogP contribution in [0.1, 0.15) is 48.8 Å². The van der Waals surface area contributed by atoms with Crippen LogP contribution in [-0.4, -0.2) is 53.6 Å². The molecule has 184 valence electrons. The monoisotopic (exact) mass is 471 g/mol. The highest BCUT2D eigenvalue weighted by atomic mass is 15.2. The van der Waals surface area contributed by atoms with E-state index in [2.05, 4.69) is 63.1 Å². The van der Waals surface area contributed by atoms with Crippen molar-refractivity contribution in [2.24, 2.45) is 23.2 Å². The van der Waals surface area contributed by atoms with Gasteiger partial charge in [-0.2, -0.15) is 10.2 Å². The fraction of sp³-hybridized carbons (Fsp3) is 0.607. The van der Waals surface area contributed by atoms with Crippen molar-refractivity contribution in [3.05, 3.63) is 47.2 Å². The molecule has 2 unspecified atom stereocenters. The fourth-order valence-corrected chi connectivity index (χ4v) is 7.90. The van der Waals surface area contributed by atoms with Crippen molar-refractivity contribution in [3.63, 3.8) is 0 Å². The molecule has 7 rings (SSSR count). The first kappa shape index (κ1) is 22.8. The van der Waals surface area contributed by atoms with Crippen molar-refractivity contribution >= 4 is 11.8 Å². The van der Waals surface area contributed by atoms with E-state index in [4.69, 9.17) is 4.98 Å². The number of benzene rings is 1. The van der Waals surface area contributed by atoms with Crippen LogP contribution in [-0.2, 0) is 6.54 Å². The molecule has 5 fully saturated rings. The molecule has 5 atom stereocenters. The van der Waals surface area contributed by atoms with E-state index in [1.807, 2.05) is 0 Å². The van der Waals surface area contributed by atoms with Gasteiger partial charge in [0.1, 0.15) is 17.5 Å². The van der Waals surface area contributed by atoms with Crippen molar-refractivity contribution in [1.29, 1.82) is 5.26 Å². The number of hydrogen-bond acceptors (Lipinski definition) is 7. The van der Waals surface area contributed by atoms with E-state index in [1.54, 1.807) is 6.20 Å². The zero-order valence-corrected chi connectivity index (χ0v) is 20.8. The number of anilines is 2. The first-order chi connectivity index (χ1) is 17.1. The highest BCUT2D eigenvalue weighted by Gasteiger charge is 2.56. The summed E-state index contributed by atoms with van der Waals surface area (Å²) < 4.78 is 0. The minimum absolute atomic E-state index is 0.341. The molecule has 1 aromatic heterocycles. The smallest absolute Gasteiger partial charge is 0.224 e. The molecule has 5 aliphatic rings. The second kappa shape index (κ2) is 9.40. The standard InChI is InChI=1S/C28H37N7/c1-19-4-2-3-5-21(19)16-31-27-32-17-24(15-29)26(34-27)33-18-28-12-20-10-22(13-28)25(23(11-20)14-28)35-8-6-30-7-9-35/h2-5,17,20,22-23,25,30H,6-14,16,18H2,1H3,(H2,31,32,33,34)/t20?,22-,23+,25?,28-. The summed E-state index contributed by atoms with van der Waals surface area (Å²) in [5, 5.41) is 20.2. The predicted molar refractivity (Wildman–Crippen MR) is 138 cm³/mol. The summed E-state index contributed by atoms with van der Waals surface area (Å²) in [4.78, 5) is 11.9. The maximum atomic E-state index is 9.69. The van der Waals surface area contributed by atoms with Crippen LogP contribution in [0.3, 0.4) is 0 Å². The Labute approximate surface area is 208 Å². The molecule has 1 saturated heterocycles. The third kappa shape index (κ3) is 4.50. The molecule has 1 aliphatic heterocycles.